The van der Waals surface area contributed by atoms with Gasteiger partial charge >= 0.3 is 0 Å². The van der Waals surface area contributed by atoms with E-state index in [9.17, 15) is 19.2 Å². The van der Waals surface area contributed by atoms with Gasteiger partial charge in [0.2, 0.25) is 0 Å². The molecule has 2 aromatic rings. The molecule has 2 rings (SSSR count). The molecular weight excluding hydrogens is 544 g/mol. The standard InChI is InChI=1S/C33H58N6O4/c1-22(2)38(20-14-18-36(10)11)25-23(27(40)29(25)42)34-32(6,7)16-17-33(8,9)35-24-26(30(43)28(24)41)39(31(3,4)5)21-15-19-37(12)13/h22,34-35H,14-21H2,1-13H3. The molecule has 43 heavy (non-hydrogen) atoms. The van der Waals surface area contributed by atoms with E-state index in [1.807, 2.05) is 74.6 Å². The summed E-state index contributed by atoms with van der Waals surface area (Å²) in [6, 6.07) is 0.0815. The van der Waals surface area contributed by atoms with Gasteiger partial charge in [-0.15, -0.1) is 0 Å². The average molecular weight is 603 g/mol. The maximum Gasteiger partial charge on any atom is 0.253 e. The van der Waals surface area contributed by atoms with Gasteiger partial charge in [-0.2, -0.15) is 0 Å². The Hall–Kier alpha value is -2.72. The van der Waals surface area contributed by atoms with Crippen molar-refractivity contribution in [2.75, 3.05) is 74.8 Å². The minimum Gasteiger partial charge on any atom is -0.375 e. The molecule has 0 saturated heterocycles. The van der Waals surface area contributed by atoms with Gasteiger partial charge in [-0.1, -0.05) is 0 Å². The molecule has 0 radical (unpaired) electrons. The molecule has 0 aliphatic rings. The van der Waals surface area contributed by atoms with Gasteiger partial charge in [0.1, 0.15) is 22.7 Å². The Labute approximate surface area is 258 Å². The van der Waals surface area contributed by atoms with Gasteiger partial charge in [-0.05, 0) is 129 Å². The minimum absolute atomic E-state index is 0.0815. The smallest absolute Gasteiger partial charge is 0.253 e. The molecular formula is C33H58N6O4. The first-order valence-corrected chi connectivity index (χ1v) is 15.7. The molecule has 0 bridgehead atoms. The van der Waals surface area contributed by atoms with Crippen molar-refractivity contribution in [3.63, 3.8) is 0 Å². The van der Waals surface area contributed by atoms with Crippen molar-refractivity contribution in [3.8, 4) is 0 Å². The van der Waals surface area contributed by atoms with Crippen LogP contribution >= 0.6 is 0 Å². The van der Waals surface area contributed by atoms with Crippen molar-refractivity contribution < 1.29 is 0 Å². The fourth-order valence-electron chi connectivity index (χ4n) is 5.46. The second-order valence-corrected chi connectivity index (χ2v) is 15.2. The third-order valence-corrected chi connectivity index (χ3v) is 8.05. The second-order valence-electron chi connectivity index (χ2n) is 15.2. The van der Waals surface area contributed by atoms with Crippen LogP contribution in [0, 0.1) is 0 Å². The van der Waals surface area contributed by atoms with Crippen molar-refractivity contribution >= 4 is 22.7 Å². The van der Waals surface area contributed by atoms with Crippen LogP contribution in [0.25, 0.3) is 0 Å². The van der Waals surface area contributed by atoms with Crippen molar-refractivity contribution in [1.82, 2.24) is 9.80 Å². The lowest BCUT2D eigenvalue weighted by Crippen LogP contribution is -2.52. The predicted molar refractivity (Wildman–Crippen MR) is 183 cm³/mol. The summed E-state index contributed by atoms with van der Waals surface area (Å²) in [5, 5.41) is 6.79. The molecule has 0 unspecified atom stereocenters. The quantitative estimate of drug-likeness (QED) is 0.247. The highest BCUT2D eigenvalue weighted by atomic mass is 16.2. The largest absolute Gasteiger partial charge is 0.375 e. The number of nitrogens with zero attached hydrogens (tertiary/aromatic N) is 4. The number of hydrogen-bond acceptors (Lipinski definition) is 10. The average Bonchev–Trinajstić information content (AvgIpc) is 2.87. The molecule has 244 valence electrons. The lowest BCUT2D eigenvalue weighted by molar-refractivity contribution is 0.388. The Balaban J connectivity index is 2.19. The molecule has 0 aromatic heterocycles. The first kappa shape index (κ1) is 36.5. The summed E-state index contributed by atoms with van der Waals surface area (Å²) in [4.78, 5) is 59.3. The first-order valence-electron chi connectivity index (χ1n) is 15.7. The van der Waals surface area contributed by atoms with E-state index in [4.69, 9.17) is 0 Å². The Bertz CT molecular complexity index is 1350. The summed E-state index contributed by atoms with van der Waals surface area (Å²) in [5.41, 5.74) is -1.41. The van der Waals surface area contributed by atoms with Gasteiger partial charge in [0.15, 0.2) is 0 Å². The maximum absolute atomic E-state index is 12.8. The van der Waals surface area contributed by atoms with Gasteiger partial charge < -0.3 is 30.2 Å². The molecule has 0 amide bonds. The van der Waals surface area contributed by atoms with E-state index in [1.54, 1.807) is 0 Å². The van der Waals surface area contributed by atoms with E-state index in [-0.39, 0.29) is 11.6 Å². The molecule has 2 aromatic carbocycles. The normalized spacial score (nSPS) is 13.1. The lowest BCUT2D eigenvalue weighted by Gasteiger charge is -2.41. The summed E-state index contributed by atoms with van der Waals surface area (Å²) in [6.45, 7) is 21.5. The summed E-state index contributed by atoms with van der Waals surface area (Å²) >= 11 is 0. The van der Waals surface area contributed by atoms with Gasteiger partial charge in [0.25, 0.3) is 21.7 Å². The van der Waals surface area contributed by atoms with Crippen LogP contribution in [0.2, 0.25) is 0 Å². The van der Waals surface area contributed by atoms with E-state index < -0.39 is 32.8 Å². The Morgan fingerprint density at radius 1 is 0.581 bits per heavy atom. The number of anilines is 4. The third kappa shape index (κ3) is 9.38. The highest BCUT2D eigenvalue weighted by molar-refractivity contribution is 5.77. The van der Waals surface area contributed by atoms with E-state index in [0.29, 0.717) is 48.7 Å². The van der Waals surface area contributed by atoms with Crippen molar-refractivity contribution in [3.05, 3.63) is 40.9 Å². The summed E-state index contributed by atoms with van der Waals surface area (Å²) in [6.07, 6.45) is 3.07. The summed E-state index contributed by atoms with van der Waals surface area (Å²) in [7, 11) is 8.08. The van der Waals surface area contributed by atoms with Crippen LogP contribution < -0.4 is 42.1 Å². The third-order valence-electron chi connectivity index (χ3n) is 8.05. The zero-order valence-corrected chi connectivity index (χ0v) is 29.2. The fraction of sp³-hybridized carbons (Fsp3) is 0.758. The molecule has 0 aliphatic carbocycles. The number of nitrogens with one attached hydrogen (secondary N) is 2. The summed E-state index contributed by atoms with van der Waals surface area (Å²) in [5.74, 6) is 0. The maximum atomic E-state index is 12.8. The second kappa shape index (κ2) is 13.9. The van der Waals surface area contributed by atoms with E-state index in [1.165, 1.54) is 0 Å². The molecule has 0 saturated carbocycles. The number of rotatable bonds is 18. The lowest BCUT2D eigenvalue weighted by atomic mass is 9.88. The number of hydrogen-bond donors (Lipinski definition) is 2. The molecule has 10 heteroatoms. The van der Waals surface area contributed by atoms with E-state index in [2.05, 4.69) is 46.1 Å². The zero-order chi connectivity index (χ0) is 33.1. The van der Waals surface area contributed by atoms with Gasteiger partial charge in [-0.25, -0.2) is 0 Å². The van der Waals surface area contributed by atoms with Crippen molar-refractivity contribution in [2.45, 2.75) is 111 Å². The van der Waals surface area contributed by atoms with Gasteiger partial charge in [-0.3, -0.25) is 19.2 Å². The van der Waals surface area contributed by atoms with Gasteiger partial charge in [0.05, 0.1) is 0 Å². The Morgan fingerprint density at radius 3 is 1.37 bits per heavy atom. The van der Waals surface area contributed by atoms with E-state index in [0.717, 1.165) is 25.9 Å². The van der Waals surface area contributed by atoms with Crippen LogP contribution in [0.5, 0.6) is 0 Å². The summed E-state index contributed by atoms with van der Waals surface area (Å²) < 4.78 is 0. The van der Waals surface area contributed by atoms with Crippen LogP contribution in [-0.4, -0.2) is 86.8 Å². The predicted octanol–water partition coefficient (Wildman–Crippen LogP) is 3.46. The van der Waals surface area contributed by atoms with E-state index >= 15 is 0 Å². The fourth-order valence-corrected chi connectivity index (χ4v) is 5.46. The molecule has 0 heterocycles. The van der Waals surface area contributed by atoms with Gasteiger partial charge in [0, 0.05) is 35.7 Å². The Morgan fingerprint density at radius 2 is 0.977 bits per heavy atom. The first-order chi connectivity index (χ1) is 19.6. The Kier molecular flexibility index (Phi) is 11.8. The van der Waals surface area contributed by atoms with Crippen LogP contribution in [0.1, 0.15) is 88.0 Å². The highest BCUT2D eigenvalue weighted by Gasteiger charge is 2.36. The van der Waals surface area contributed by atoms with Crippen LogP contribution in [0.3, 0.4) is 0 Å². The SMILES string of the molecule is CC(C)N(CCCN(C)C)c1c(NC(C)(C)CCC(C)(C)Nc2c(N(CCCN(C)C)C(C)(C)C)c(=O)c2=O)c(=O)c1=O. The van der Waals surface area contributed by atoms with Crippen LogP contribution in [0.4, 0.5) is 22.7 Å². The molecule has 2 N–H and O–H groups in total. The molecule has 10 nitrogen and oxygen atoms in total. The van der Waals surface area contributed by atoms with Crippen molar-refractivity contribution in [1.29, 1.82) is 0 Å². The molecule has 0 atom stereocenters. The monoisotopic (exact) mass is 602 g/mol. The van der Waals surface area contributed by atoms with Crippen molar-refractivity contribution in [2.24, 2.45) is 0 Å². The molecule has 0 spiro atoms. The highest BCUT2D eigenvalue weighted by Crippen LogP contribution is 2.33. The molecule has 0 aliphatic heterocycles. The van der Waals surface area contributed by atoms with Crippen LogP contribution in [-0.2, 0) is 0 Å². The minimum atomic E-state index is -0.504. The van der Waals surface area contributed by atoms with Crippen LogP contribution in [0.15, 0.2) is 19.2 Å². The molecule has 0 fully saturated rings. The topological polar surface area (TPSA) is 105 Å². The zero-order valence-electron chi connectivity index (χ0n) is 29.2.